The van der Waals surface area contributed by atoms with Crippen molar-refractivity contribution in [2.24, 2.45) is 0 Å². The maximum atomic E-state index is 3.66. The van der Waals surface area contributed by atoms with Crippen LogP contribution in [0.2, 0.25) is 0 Å². The summed E-state index contributed by atoms with van der Waals surface area (Å²) in [6, 6.07) is 10.3. The minimum Gasteiger partial charge on any atom is -0.103 e. The Balaban J connectivity index is 0.000000310. The van der Waals surface area contributed by atoms with Gasteiger partial charge in [0.25, 0.3) is 0 Å². The van der Waals surface area contributed by atoms with Gasteiger partial charge in [0.15, 0.2) is 0 Å². The van der Waals surface area contributed by atoms with E-state index in [-0.39, 0.29) is 0 Å². The topological polar surface area (TPSA) is 0 Å². The Morgan fingerprint density at radius 1 is 1.08 bits per heavy atom. The van der Waals surface area contributed by atoms with E-state index in [1.165, 1.54) is 5.56 Å². The molecule has 0 atom stereocenters. The predicted octanol–water partition coefficient (Wildman–Crippen LogP) is 4.00. The summed E-state index contributed by atoms with van der Waals surface area (Å²) in [5.41, 5.74) is 1.33. The first-order chi connectivity index (χ1) is 6.35. The lowest BCUT2D eigenvalue weighted by atomic mass is 10.2. The van der Waals surface area contributed by atoms with Crippen LogP contribution >= 0.6 is 0 Å². The van der Waals surface area contributed by atoms with Crippen molar-refractivity contribution in [1.29, 1.82) is 0 Å². The molecule has 1 aromatic carbocycles. The van der Waals surface area contributed by atoms with Crippen molar-refractivity contribution >= 4 is 0 Å². The number of allylic oxidation sites excluding steroid dienone is 2. The fourth-order valence-electron chi connectivity index (χ4n) is 0.781. The third-order valence-electron chi connectivity index (χ3n) is 1.51. The largest absolute Gasteiger partial charge is 0.103 e. The van der Waals surface area contributed by atoms with Gasteiger partial charge < -0.3 is 0 Å². The first kappa shape index (κ1) is 11.7. The second-order valence-electron chi connectivity index (χ2n) is 2.68. The lowest BCUT2D eigenvalue weighted by Crippen LogP contribution is -1.75. The average Bonchev–Trinajstić information content (AvgIpc) is 2.20. The molecule has 0 bridgehead atoms. The van der Waals surface area contributed by atoms with Crippen molar-refractivity contribution in [3.8, 4) is 0 Å². The van der Waals surface area contributed by atoms with Gasteiger partial charge in [0.05, 0.1) is 0 Å². The summed E-state index contributed by atoms with van der Waals surface area (Å²) in [5, 5.41) is 0. The molecule has 0 unspecified atom stereocenters. The summed E-state index contributed by atoms with van der Waals surface area (Å²) < 4.78 is 0. The van der Waals surface area contributed by atoms with Crippen LogP contribution in [0.4, 0.5) is 0 Å². The maximum Gasteiger partial charge on any atom is -0.0100 e. The highest BCUT2D eigenvalue weighted by Gasteiger charge is 1.82. The number of hydrogen-bond acceptors (Lipinski definition) is 0. The molecule has 0 amide bonds. The second kappa shape index (κ2) is 8.79. The van der Waals surface area contributed by atoms with Crippen molar-refractivity contribution in [2.45, 2.75) is 19.8 Å². The summed E-state index contributed by atoms with van der Waals surface area (Å²) in [6.45, 7) is 9.20. The van der Waals surface area contributed by atoms with Crippen molar-refractivity contribution in [2.75, 3.05) is 0 Å². The SMILES string of the molecule is C=CCC.C=CCc1ccccc1. The van der Waals surface area contributed by atoms with Crippen molar-refractivity contribution < 1.29 is 0 Å². The predicted molar refractivity (Wildman–Crippen MR) is 60.8 cm³/mol. The van der Waals surface area contributed by atoms with Gasteiger partial charge in [0.1, 0.15) is 0 Å². The molecule has 0 aliphatic heterocycles. The van der Waals surface area contributed by atoms with Gasteiger partial charge in [-0.25, -0.2) is 0 Å². The molecule has 0 saturated carbocycles. The van der Waals surface area contributed by atoms with Gasteiger partial charge >= 0.3 is 0 Å². The highest BCUT2D eigenvalue weighted by atomic mass is 13.9. The van der Waals surface area contributed by atoms with Crippen LogP contribution in [-0.2, 0) is 6.42 Å². The van der Waals surface area contributed by atoms with Crippen LogP contribution in [0.1, 0.15) is 18.9 Å². The Hall–Kier alpha value is -1.30. The molecule has 70 valence electrons. The highest BCUT2D eigenvalue weighted by Crippen LogP contribution is 1.98. The molecule has 0 heteroatoms. The Labute approximate surface area is 81.6 Å². The fraction of sp³-hybridized carbons (Fsp3) is 0.231. The zero-order chi connectivity index (χ0) is 9.94. The fourth-order valence-corrected chi connectivity index (χ4v) is 0.781. The third-order valence-corrected chi connectivity index (χ3v) is 1.51. The molecule has 0 radical (unpaired) electrons. The first-order valence-electron chi connectivity index (χ1n) is 4.60. The average molecular weight is 174 g/mol. The van der Waals surface area contributed by atoms with Crippen molar-refractivity contribution in [3.63, 3.8) is 0 Å². The van der Waals surface area contributed by atoms with Gasteiger partial charge in [-0.2, -0.15) is 0 Å². The molecule has 1 aromatic rings. The molecule has 0 spiro atoms. The van der Waals surface area contributed by atoms with Crippen molar-refractivity contribution in [3.05, 3.63) is 61.2 Å². The summed E-state index contributed by atoms with van der Waals surface area (Å²) in [7, 11) is 0. The Kier molecular flexibility index (Phi) is 7.91. The molecular weight excluding hydrogens is 156 g/mol. The standard InChI is InChI=1S/C9H10.C4H8/c1-2-6-9-7-4-3-5-8-9;1-3-4-2/h2-5,7-8H,1,6H2;3H,1,4H2,2H3. The molecule has 0 aliphatic carbocycles. The van der Waals surface area contributed by atoms with E-state index in [1.807, 2.05) is 30.4 Å². The van der Waals surface area contributed by atoms with E-state index < -0.39 is 0 Å². The van der Waals surface area contributed by atoms with Crippen molar-refractivity contribution in [1.82, 2.24) is 0 Å². The Morgan fingerprint density at radius 2 is 1.62 bits per heavy atom. The molecular formula is C13H18. The molecule has 0 aliphatic rings. The summed E-state index contributed by atoms with van der Waals surface area (Å²) in [6.07, 6.45) is 5.84. The van der Waals surface area contributed by atoms with E-state index in [0.717, 1.165) is 12.8 Å². The summed E-state index contributed by atoms with van der Waals surface area (Å²) in [5.74, 6) is 0. The quantitative estimate of drug-likeness (QED) is 0.608. The molecule has 1 rings (SSSR count). The number of hydrogen-bond donors (Lipinski definition) is 0. The molecule has 0 nitrogen and oxygen atoms in total. The maximum absolute atomic E-state index is 3.66. The first-order valence-corrected chi connectivity index (χ1v) is 4.60. The molecule has 0 heterocycles. The second-order valence-corrected chi connectivity index (χ2v) is 2.68. The van der Waals surface area contributed by atoms with Gasteiger partial charge in [0, 0.05) is 0 Å². The minimum atomic E-state index is 0.973. The van der Waals surface area contributed by atoms with Gasteiger partial charge in [-0.05, 0) is 18.4 Å². The lowest BCUT2D eigenvalue weighted by molar-refractivity contribution is 1.23. The van der Waals surface area contributed by atoms with E-state index >= 15 is 0 Å². The van der Waals surface area contributed by atoms with E-state index in [0.29, 0.717) is 0 Å². The monoisotopic (exact) mass is 174 g/mol. The van der Waals surface area contributed by atoms with E-state index in [1.54, 1.807) is 0 Å². The zero-order valence-corrected chi connectivity index (χ0v) is 8.37. The molecule has 0 N–H and O–H groups in total. The van der Waals surface area contributed by atoms with Crippen LogP contribution < -0.4 is 0 Å². The Bertz CT molecular complexity index is 221. The highest BCUT2D eigenvalue weighted by molar-refractivity contribution is 5.16. The normalized spacial score (nSPS) is 8.08. The number of rotatable bonds is 3. The van der Waals surface area contributed by atoms with Crippen LogP contribution in [-0.4, -0.2) is 0 Å². The molecule has 0 aromatic heterocycles. The molecule has 0 saturated heterocycles. The van der Waals surface area contributed by atoms with Crippen LogP contribution in [0.15, 0.2) is 55.6 Å². The van der Waals surface area contributed by atoms with Gasteiger partial charge in [-0.1, -0.05) is 49.4 Å². The van der Waals surface area contributed by atoms with Crippen LogP contribution in [0.5, 0.6) is 0 Å². The van der Waals surface area contributed by atoms with E-state index in [4.69, 9.17) is 0 Å². The van der Waals surface area contributed by atoms with Crippen LogP contribution in [0, 0.1) is 0 Å². The Morgan fingerprint density at radius 3 is 2.00 bits per heavy atom. The minimum absolute atomic E-state index is 0.973. The van der Waals surface area contributed by atoms with E-state index in [9.17, 15) is 0 Å². The van der Waals surface area contributed by atoms with E-state index in [2.05, 4.69) is 32.2 Å². The molecule has 13 heavy (non-hydrogen) atoms. The lowest BCUT2D eigenvalue weighted by Gasteiger charge is -1.91. The number of benzene rings is 1. The third kappa shape index (κ3) is 7.07. The summed E-state index contributed by atoms with van der Waals surface area (Å²) in [4.78, 5) is 0. The smallest absolute Gasteiger partial charge is 0.0100 e. The van der Waals surface area contributed by atoms with Crippen LogP contribution in [0.3, 0.4) is 0 Å². The van der Waals surface area contributed by atoms with Gasteiger partial charge in [0.2, 0.25) is 0 Å². The zero-order valence-electron chi connectivity index (χ0n) is 8.37. The molecule has 0 fully saturated rings. The van der Waals surface area contributed by atoms with Gasteiger partial charge in [-0.15, -0.1) is 13.2 Å². The van der Waals surface area contributed by atoms with Gasteiger partial charge in [-0.3, -0.25) is 0 Å². The van der Waals surface area contributed by atoms with Crippen LogP contribution in [0.25, 0.3) is 0 Å². The summed E-state index contributed by atoms with van der Waals surface area (Å²) >= 11 is 0.